The Balaban J connectivity index is 1.72. The molecule has 0 fully saturated rings. The smallest absolute Gasteiger partial charge is 0.335 e. The summed E-state index contributed by atoms with van der Waals surface area (Å²) >= 11 is 2.87. The zero-order chi connectivity index (χ0) is 16.6. The van der Waals surface area contributed by atoms with Crippen LogP contribution in [0.25, 0.3) is 10.2 Å². The molecule has 4 rings (SSSR count). The molecule has 0 atom stereocenters. The molecule has 0 saturated heterocycles. The number of hydrogen-bond acceptors (Lipinski definition) is 8. The third-order valence-electron chi connectivity index (χ3n) is 3.41. The number of benzene rings is 2. The van der Waals surface area contributed by atoms with Gasteiger partial charge in [-0.25, -0.2) is 9.78 Å². The second kappa shape index (κ2) is 5.77. The minimum atomic E-state index is -1.06. The minimum absolute atomic E-state index is 0.200. The van der Waals surface area contributed by atoms with Crippen molar-refractivity contribution in [1.82, 2.24) is 4.98 Å². The second-order valence-corrected chi connectivity index (χ2v) is 7.37. The number of carboxylic acid groups (broad SMARTS) is 1. The van der Waals surface area contributed by atoms with Crippen molar-refractivity contribution in [2.24, 2.45) is 20.7 Å². The lowest BCUT2D eigenvalue weighted by Crippen LogP contribution is -2.13. The second-order valence-electron chi connectivity index (χ2n) is 4.92. The molecule has 0 unspecified atom stereocenters. The molecule has 2 aromatic carbocycles. The number of nitrogens with zero attached hydrogens (tertiary/aromatic N) is 5. The molecule has 1 N–H and O–H groups in total. The van der Waals surface area contributed by atoms with E-state index in [2.05, 4.69) is 25.7 Å². The Morgan fingerprint density at radius 3 is 2.42 bits per heavy atom. The molecule has 0 aliphatic carbocycles. The van der Waals surface area contributed by atoms with Crippen molar-refractivity contribution >= 4 is 39.3 Å². The van der Waals surface area contributed by atoms with Crippen molar-refractivity contribution in [3.63, 3.8) is 0 Å². The fourth-order valence-corrected chi connectivity index (χ4v) is 4.52. The van der Waals surface area contributed by atoms with Gasteiger partial charge in [0.2, 0.25) is 0 Å². The van der Waals surface area contributed by atoms with Crippen molar-refractivity contribution in [1.29, 1.82) is 0 Å². The van der Waals surface area contributed by atoms with E-state index in [4.69, 9.17) is 5.11 Å². The van der Waals surface area contributed by atoms with Gasteiger partial charge in [-0.1, -0.05) is 24.3 Å². The van der Waals surface area contributed by atoms with Crippen molar-refractivity contribution in [2.45, 2.75) is 9.33 Å². The van der Waals surface area contributed by atoms with Crippen molar-refractivity contribution in [3.05, 3.63) is 59.7 Å². The van der Waals surface area contributed by atoms with Crippen LogP contribution in [-0.2, 0) is 4.99 Å². The molecule has 2 heterocycles. The average Bonchev–Trinajstić information content (AvgIpc) is 3.22. The third-order valence-corrected chi connectivity index (χ3v) is 5.69. The van der Waals surface area contributed by atoms with Crippen LogP contribution in [0.3, 0.4) is 0 Å². The molecule has 0 bridgehead atoms. The molecule has 1 aromatic heterocycles. The quantitative estimate of drug-likeness (QED) is 0.731. The predicted molar refractivity (Wildman–Crippen MR) is 90.3 cm³/mol. The van der Waals surface area contributed by atoms with Gasteiger partial charge in [0.05, 0.1) is 15.8 Å². The highest BCUT2D eigenvalue weighted by Crippen LogP contribution is 2.48. The molecular formula is C15H9N5O2S2. The van der Waals surface area contributed by atoms with E-state index in [-0.39, 0.29) is 5.56 Å². The number of hydrogen-bond donors (Lipinski definition) is 1. The largest absolute Gasteiger partial charge is 0.478 e. The van der Waals surface area contributed by atoms with Gasteiger partial charge in [0.15, 0.2) is 4.34 Å². The van der Waals surface area contributed by atoms with E-state index in [1.54, 1.807) is 12.1 Å². The molecule has 0 spiro atoms. The first-order valence-corrected chi connectivity index (χ1v) is 8.52. The Morgan fingerprint density at radius 2 is 1.75 bits per heavy atom. The molecule has 0 amide bonds. The number of aromatic nitrogens is 1. The zero-order valence-electron chi connectivity index (χ0n) is 12.0. The summed E-state index contributed by atoms with van der Waals surface area (Å²) in [6.45, 7) is 0. The van der Waals surface area contributed by atoms with E-state index < -0.39 is 11.0 Å². The Bertz CT molecular complexity index is 936. The summed E-state index contributed by atoms with van der Waals surface area (Å²) in [5.74, 6) is -0.982. The summed E-state index contributed by atoms with van der Waals surface area (Å²) in [4.78, 5) is 14.5. The molecule has 118 valence electrons. The van der Waals surface area contributed by atoms with Crippen LogP contribution in [0.1, 0.15) is 15.9 Å². The SMILES string of the molecule is O=C(O)c1ccc(C2(Sc3nc4ccccc4s3)N=NN=N2)cc1. The molecule has 1 aliphatic rings. The summed E-state index contributed by atoms with van der Waals surface area (Å²) in [5.41, 5.74) is 1.81. The van der Waals surface area contributed by atoms with Gasteiger partial charge >= 0.3 is 5.97 Å². The lowest BCUT2D eigenvalue weighted by atomic mass is 10.1. The fraction of sp³-hybridized carbons (Fsp3) is 0.0667. The highest BCUT2D eigenvalue weighted by atomic mass is 32.2. The Hall–Kier alpha value is -2.65. The van der Waals surface area contributed by atoms with E-state index in [0.717, 1.165) is 14.6 Å². The van der Waals surface area contributed by atoms with Crippen LogP contribution >= 0.6 is 23.1 Å². The lowest BCUT2D eigenvalue weighted by Gasteiger charge is -2.17. The average molecular weight is 355 g/mol. The van der Waals surface area contributed by atoms with E-state index in [1.165, 1.54) is 35.2 Å². The molecular weight excluding hydrogens is 346 g/mol. The minimum Gasteiger partial charge on any atom is -0.478 e. The van der Waals surface area contributed by atoms with Gasteiger partial charge in [-0.3, -0.25) is 0 Å². The molecule has 1 aliphatic heterocycles. The molecule has 0 saturated carbocycles. The molecule has 9 heteroatoms. The first-order valence-electron chi connectivity index (χ1n) is 6.89. The van der Waals surface area contributed by atoms with E-state index in [9.17, 15) is 4.79 Å². The number of para-hydroxylation sites is 1. The summed E-state index contributed by atoms with van der Waals surface area (Å²) in [6, 6.07) is 14.2. The number of carbonyl (C=O) groups is 1. The van der Waals surface area contributed by atoms with Crippen molar-refractivity contribution in [2.75, 3.05) is 0 Å². The zero-order valence-corrected chi connectivity index (χ0v) is 13.7. The predicted octanol–water partition coefficient (Wildman–Crippen LogP) is 4.73. The van der Waals surface area contributed by atoms with Crippen LogP contribution in [-0.4, -0.2) is 16.1 Å². The normalized spacial score (nSPS) is 15.2. The number of rotatable bonds is 4. The number of thioether (sulfide) groups is 1. The number of thiazole rings is 1. The van der Waals surface area contributed by atoms with E-state index in [0.29, 0.717) is 5.56 Å². The summed E-state index contributed by atoms with van der Waals surface area (Å²) in [7, 11) is 0. The molecule has 3 aromatic rings. The van der Waals surface area contributed by atoms with Crippen molar-refractivity contribution in [3.8, 4) is 0 Å². The first kappa shape index (κ1) is 14.9. The van der Waals surface area contributed by atoms with Gasteiger partial charge < -0.3 is 5.11 Å². The fourth-order valence-electron chi connectivity index (χ4n) is 2.24. The topological polar surface area (TPSA) is 99.6 Å². The monoisotopic (exact) mass is 355 g/mol. The first-order chi connectivity index (χ1) is 11.7. The van der Waals surface area contributed by atoms with Gasteiger partial charge in [0, 0.05) is 5.56 Å². The Morgan fingerprint density at radius 1 is 1.04 bits per heavy atom. The van der Waals surface area contributed by atoms with Crippen LogP contribution in [0.2, 0.25) is 0 Å². The van der Waals surface area contributed by atoms with Gasteiger partial charge in [0.25, 0.3) is 4.99 Å². The summed E-state index contributed by atoms with van der Waals surface area (Å²) < 4.78 is 1.86. The maximum absolute atomic E-state index is 11.0. The number of aromatic carboxylic acids is 1. The molecule has 0 radical (unpaired) electrons. The van der Waals surface area contributed by atoms with Crippen LogP contribution < -0.4 is 0 Å². The van der Waals surface area contributed by atoms with Gasteiger partial charge in [-0.05, 0) is 46.5 Å². The van der Waals surface area contributed by atoms with Crippen LogP contribution in [0.4, 0.5) is 0 Å². The van der Waals surface area contributed by atoms with Crippen LogP contribution in [0.5, 0.6) is 0 Å². The molecule has 7 nitrogen and oxygen atoms in total. The lowest BCUT2D eigenvalue weighted by molar-refractivity contribution is 0.0697. The van der Waals surface area contributed by atoms with Gasteiger partial charge in [-0.2, -0.15) is 0 Å². The number of fused-ring (bicyclic) bond motifs is 1. The standard InChI is InChI=1S/C15H9N5O2S2/c21-13(22)9-5-7-10(8-6-9)15(17-19-20-18-15)24-14-16-11-3-1-2-4-12(11)23-14/h1-8H,(H,21,22). The summed E-state index contributed by atoms with van der Waals surface area (Å²) in [5, 5.41) is 24.6. The maximum atomic E-state index is 11.0. The molecule has 24 heavy (non-hydrogen) atoms. The maximum Gasteiger partial charge on any atom is 0.335 e. The van der Waals surface area contributed by atoms with E-state index in [1.807, 2.05) is 24.3 Å². The van der Waals surface area contributed by atoms with Gasteiger partial charge in [0.1, 0.15) is 0 Å². The number of carboxylic acids is 1. The third kappa shape index (κ3) is 2.57. The van der Waals surface area contributed by atoms with E-state index >= 15 is 0 Å². The van der Waals surface area contributed by atoms with Crippen LogP contribution in [0.15, 0.2) is 73.5 Å². The van der Waals surface area contributed by atoms with Gasteiger partial charge in [-0.15, -0.1) is 21.6 Å². The Labute approximate surface area is 144 Å². The van der Waals surface area contributed by atoms with Crippen molar-refractivity contribution < 1.29 is 9.90 Å². The highest BCUT2D eigenvalue weighted by molar-refractivity contribution is 8.02. The Kier molecular flexibility index (Phi) is 3.58. The highest BCUT2D eigenvalue weighted by Gasteiger charge is 2.38. The summed E-state index contributed by atoms with van der Waals surface area (Å²) in [6.07, 6.45) is 0. The van der Waals surface area contributed by atoms with Crippen LogP contribution in [0, 0.1) is 0 Å².